The van der Waals surface area contributed by atoms with Crippen LogP contribution in [-0.4, -0.2) is 60.8 Å². The summed E-state index contributed by atoms with van der Waals surface area (Å²) in [4.78, 5) is 26.3. The summed E-state index contributed by atoms with van der Waals surface area (Å²) in [6, 6.07) is 6.70. The minimum Gasteiger partial charge on any atom is -0.479 e. The Morgan fingerprint density at radius 2 is 1.88 bits per heavy atom. The molecule has 25 heavy (non-hydrogen) atoms. The Kier molecular flexibility index (Phi) is 6.13. The van der Waals surface area contributed by atoms with Crippen LogP contribution in [-0.2, 0) is 7.05 Å². The molecule has 0 radical (unpaired) electrons. The minimum atomic E-state index is -0.326. The predicted molar refractivity (Wildman–Crippen MR) is 95.0 cm³/mol. The summed E-state index contributed by atoms with van der Waals surface area (Å²) in [5, 5.41) is 9.65. The zero-order valence-corrected chi connectivity index (χ0v) is 14.9. The molecular weight excluding hydrogens is 322 g/mol. The third kappa shape index (κ3) is 5.05. The van der Waals surface area contributed by atoms with E-state index in [1.54, 1.807) is 37.5 Å². The van der Waals surface area contributed by atoms with E-state index in [0.29, 0.717) is 23.4 Å². The lowest BCUT2D eigenvalue weighted by molar-refractivity contribution is 0.0950. The van der Waals surface area contributed by atoms with Crippen molar-refractivity contribution in [3.8, 4) is 5.88 Å². The first-order valence-corrected chi connectivity index (χ1v) is 7.82. The van der Waals surface area contributed by atoms with E-state index in [2.05, 4.69) is 15.7 Å². The normalized spacial score (nSPS) is 10.6. The number of nitrogens with one attached hydrogen (secondary N) is 2. The van der Waals surface area contributed by atoms with Crippen LogP contribution in [0.1, 0.15) is 20.7 Å². The molecule has 1 heterocycles. The topological polar surface area (TPSA) is 88.5 Å². The van der Waals surface area contributed by atoms with Crippen LogP contribution in [0.3, 0.4) is 0 Å². The lowest BCUT2D eigenvalue weighted by Gasteiger charge is -2.10. The summed E-state index contributed by atoms with van der Waals surface area (Å²) in [7, 11) is 7.06. The summed E-state index contributed by atoms with van der Waals surface area (Å²) in [5.74, 6) is -0.210. The Morgan fingerprint density at radius 3 is 2.48 bits per heavy atom. The fourth-order valence-corrected chi connectivity index (χ4v) is 2.17. The van der Waals surface area contributed by atoms with Crippen LogP contribution in [0.15, 0.2) is 30.5 Å². The maximum absolute atomic E-state index is 12.3. The van der Waals surface area contributed by atoms with E-state index in [0.717, 1.165) is 6.54 Å². The highest BCUT2D eigenvalue weighted by Gasteiger charge is 2.16. The van der Waals surface area contributed by atoms with E-state index in [1.807, 2.05) is 19.0 Å². The maximum Gasteiger partial charge on any atom is 0.262 e. The van der Waals surface area contributed by atoms with E-state index in [-0.39, 0.29) is 17.7 Å². The van der Waals surface area contributed by atoms with E-state index in [1.165, 1.54) is 11.8 Å². The van der Waals surface area contributed by atoms with Gasteiger partial charge in [-0.2, -0.15) is 0 Å². The van der Waals surface area contributed by atoms with Crippen LogP contribution < -0.4 is 15.4 Å². The van der Waals surface area contributed by atoms with Crippen LogP contribution in [0.5, 0.6) is 5.88 Å². The van der Waals surface area contributed by atoms with Gasteiger partial charge >= 0.3 is 0 Å². The Hall–Kier alpha value is -2.87. The van der Waals surface area contributed by atoms with Crippen molar-refractivity contribution in [2.45, 2.75) is 0 Å². The average molecular weight is 345 g/mol. The van der Waals surface area contributed by atoms with Gasteiger partial charge in [0.15, 0.2) is 0 Å². The summed E-state index contributed by atoms with van der Waals surface area (Å²) in [6.07, 6.45) is 1.58. The highest BCUT2D eigenvalue weighted by molar-refractivity contribution is 6.06. The second kappa shape index (κ2) is 8.29. The van der Waals surface area contributed by atoms with Crippen molar-refractivity contribution in [2.24, 2.45) is 7.05 Å². The van der Waals surface area contributed by atoms with Gasteiger partial charge in [-0.1, -0.05) is 0 Å². The Morgan fingerprint density at radius 1 is 1.20 bits per heavy atom. The molecule has 0 unspecified atom stereocenters. The van der Waals surface area contributed by atoms with Gasteiger partial charge in [0.1, 0.15) is 5.56 Å². The minimum absolute atomic E-state index is 0.145. The molecule has 8 heteroatoms. The molecule has 0 aliphatic rings. The number of hydrogen-bond donors (Lipinski definition) is 2. The van der Waals surface area contributed by atoms with Crippen molar-refractivity contribution in [1.82, 2.24) is 20.0 Å². The maximum atomic E-state index is 12.3. The first-order valence-electron chi connectivity index (χ1n) is 7.82. The molecule has 0 bridgehead atoms. The molecule has 8 nitrogen and oxygen atoms in total. The van der Waals surface area contributed by atoms with Crippen molar-refractivity contribution in [3.63, 3.8) is 0 Å². The molecule has 2 rings (SSSR count). The van der Waals surface area contributed by atoms with E-state index < -0.39 is 0 Å². The zero-order valence-electron chi connectivity index (χ0n) is 14.9. The largest absolute Gasteiger partial charge is 0.479 e. The molecule has 0 atom stereocenters. The second-order valence-corrected chi connectivity index (χ2v) is 5.82. The number of nitrogens with zero attached hydrogens (tertiary/aromatic N) is 3. The number of aryl methyl sites for hydroxylation is 1. The fourth-order valence-electron chi connectivity index (χ4n) is 2.17. The van der Waals surface area contributed by atoms with Gasteiger partial charge in [0.2, 0.25) is 5.88 Å². The molecule has 0 saturated carbocycles. The van der Waals surface area contributed by atoms with Crippen molar-refractivity contribution in [1.29, 1.82) is 0 Å². The molecule has 0 spiro atoms. The number of methoxy groups -OCH3 is 1. The Bertz CT molecular complexity index is 737. The number of hydrogen-bond acceptors (Lipinski definition) is 5. The first kappa shape index (κ1) is 18.5. The lowest BCUT2D eigenvalue weighted by Crippen LogP contribution is -2.31. The number of carbonyl (C=O) groups is 2. The quantitative estimate of drug-likeness (QED) is 0.781. The van der Waals surface area contributed by atoms with Gasteiger partial charge in [0.05, 0.1) is 7.11 Å². The predicted octanol–water partition coefficient (Wildman–Crippen LogP) is 0.972. The van der Waals surface area contributed by atoms with Crippen molar-refractivity contribution >= 4 is 17.5 Å². The van der Waals surface area contributed by atoms with Crippen LogP contribution >= 0.6 is 0 Å². The molecule has 2 amide bonds. The standard InChI is InChI=1S/C17H23N5O3/c1-21(2)10-9-18-15(23)12-5-7-13(8-6-12)19-16(24)14-11-22(3)20-17(14)25-4/h5-8,11H,9-10H2,1-4H3,(H,18,23)(H,19,24). The number of carbonyl (C=O) groups excluding carboxylic acids is 2. The monoisotopic (exact) mass is 345 g/mol. The molecule has 1 aromatic carbocycles. The molecule has 2 N–H and O–H groups in total. The van der Waals surface area contributed by atoms with E-state index >= 15 is 0 Å². The third-order valence-corrected chi connectivity index (χ3v) is 3.48. The Labute approximate surface area is 146 Å². The molecule has 134 valence electrons. The lowest BCUT2D eigenvalue weighted by atomic mass is 10.2. The van der Waals surface area contributed by atoms with Gasteiger partial charge in [-0.05, 0) is 38.4 Å². The molecule has 0 aliphatic heterocycles. The highest BCUT2D eigenvalue weighted by Crippen LogP contribution is 2.17. The summed E-state index contributed by atoms with van der Waals surface area (Å²) in [5.41, 5.74) is 1.46. The molecule has 1 aromatic heterocycles. The molecule has 0 fully saturated rings. The highest BCUT2D eigenvalue weighted by atomic mass is 16.5. The molecule has 2 aromatic rings. The first-order chi connectivity index (χ1) is 11.9. The smallest absolute Gasteiger partial charge is 0.262 e. The van der Waals surface area contributed by atoms with Gasteiger partial charge < -0.3 is 20.3 Å². The van der Waals surface area contributed by atoms with Gasteiger partial charge in [-0.25, -0.2) is 0 Å². The number of benzene rings is 1. The molecule has 0 saturated heterocycles. The average Bonchev–Trinajstić information content (AvgIpc) is 2.96. The fraction of sp³-hybridized carbons (Fsp3) is 0.353. The number of aromatic nitrogens is 2. The third-order valence-electron chi connectivity index (χ3n) is 3.48. The van der Waals surface area contributed by atoms with Crippen LogP contribution in [0.2, 0.25) is 0 Å². The number of rotatable bonds is 7. The number of anilines is 1. The van der Waals surface area contributed by atoms with Gasteiger partial charge in [0, 0.05) is 37.6 Å². The summed E-state index contributed by atoms with van der Waals surface area (Å²) < 4.78 is 6.59. The molecule has 0 aliphatic carbocycles. The van der Waals surface area contributed by atoms with E-state index in [4.69, 9.17) is 4.74 Å². The SMILES string of the molecule is COc1nn(C)cc1C(=O)Nc1ccc(C(=O)NCCN(C)C)cc1. The van der Waals surface area contributed by atoms with Crippen LogP contribution in [0, 0.1) is 0 Å². The van der Waals surface area contributed by atoms with E-state index in [9.17, 15) is 9.59 Å². The number of ether oxygens (including phenoxy) is 1. The Balaban J connectivity index is 1.97. The van der Waals surface area contributed by atoms with Crippen LogP contribution in [0.25, 0.3) is 0 Å². The zero-order chi connectivity index (χ0) is 18.4. The summed E-state index contributed by atoms with van der Waals surface area (Å²) in [6.45, 7) is 1.35. The molecular formula is C17H23N5O3. The van der Waals surface area contributed by atoms with Crippen molar-refractivity contribution < 1.29 is 14.3 Å². The second-order valence-electron chi connectivity index (χ2n) is 5.82. The number of likely N-dealkylation sites (N-methyl/N-ethyl adjacent to an activating group) is 1. The van der Waals surface area contributed by atoms with Gasteiger partial charge in [-0.15, -0.1) is 5.10 Å². The van der Waals surface area contributed by atoms with Crippen molar-refractivity contribution in [3.05, 3.63) is 41.6 Å². The number of amides is 2. The van der Waals surface area contributed by atoms with Gasteiger partial charge in [0.25, 0.3) is 11.8 Å². The summed E-state index contributed by atoms with van der Waals surface area (Å²) >= 11 is 0. The van der Waals surface area contributed by atoms with Crippen LogP contribution in [0.4, 0.5) is 5.69 Å². The van der Waals surface area contributed by atoms with Crippen molar-refractivity contribution in [2.75, 3.05) is 39.6 Å². The van der Waals surface area contributed by atoms with Gasteiger partial charge in [-0.3, -0.25) is 14.3 Å².